The summed E-state index contributed by atoms with van der Waals surface area (Å²) in [5.74, 6) is 0. The Labute approximate surface area is 94.9 Å². The van der Waals surface area contributed by atoms with Crippen LogP contribution in [0.25, 0.3) is 11.0 Å². The maximum Gasteiger partial charge on any atom is 0.0890 e. The molecule has 4 nitrogen and oxygen atoms in total. The van der Waals surface area contributed by atoms with Crippen LogP contribution in [0, 0.1) is 0 Å². The lowest BCUT2D eigenvalue weighted by Gasteiger charge is -2.10. The van der Waals surface area contributed by atoms with Gasteiger partial charge in [-0.05, 0) is 19.1 Å². The van der Waals surface area contributed by atoms with Crippen LogP contribution in [0.3, 0.4) is 0 Å². The van der Waals surface area contributed by atoms with E-state index >= 15 is 0 Å². The van der Waals surface area contributed by atoms with Crippen molar-refractivity contribution in [1.82, 2.24) is 15.3 Å². The van der Waals surface area contributed by atoms with Gasteiger partial charge < -0.3 is 11.1 Å². The molecule has 0 bridgehead atoms. The number of nitrogens with one attached hydrogen (secondary N) is 1. The van der Waals surface area contributed by atoms with Gasteiger partial charge in [-0.3, -0.25) is 4.98 Å². The maximum atomic E-state index is 5.53. The molecule has 0 saturated carbocycles. The van der Waals surface area contributed by atoms with Crippen molar-refractivity contribution in [3.8, 4) is 0 Å². The Balaban J connectivity index is 2.13. The highest BCUT2D eigenvalue weighted by Crippen LogP contribution is 2.08. The molecular formula is C12H16N4. The second-order valence-electron chi connectivity index (χ2n) is 3.87. The largest absolute Gasteiger partial charge is 0.329 e. The monoisotopic (exact) mass is 216 g/mol. The van der Waals surface area contributed by atoms with Crippen LogP contribution >= 0.6 is 0 Å². The lowest BCUT2D eigenvalue weighted by atomic mass is 10.3. The fourth-order valence-corrected chi connectivity index (χ4v) is 1.44. The third kappa shape index (κ3) is 2.53. The summed E-state index contributed by atoms with van der Waals surface area (Å²) in [6.45, 7) is 3.38. The zero-order valence-corrected chi connectivity index (χ0v) is 9.35. The predicted molar refractivity (Wildman–Crippen MR) is 64.9 cm³/mol. The molecule has 1 aromatic heterocycles. The SMILES string of the molecule is C[C@@H](CN)NCc1cnc2ccccc2n1. The van der Waals surface area contributed by atoms with Gasteiger partial charge in [-0.1, -0.05) is 12.1 Å². The highest BCUT2D eigenvalue weighted by Gasteiger charge is 2.01. The minimum atomic E-state index is 0.299. The average Bonchev–Trinajstić information content (AvgIpc) is 2.35. The number of benzene rings is 1. The summed E-state index contributed by atoms with van der Waals surface area (Å²) >= 11 is 0. The summed E-state index contributed by atoms with van der Waals surface area (Å²) < 4.78 is 0. The van der Waals surface area contributed by atoms with Crippen molar-refractivity contribution in [2.24, 2.45) is 5.73 Å². The molecule has 0 radical (unpaired) electrons. The average molecular weight is 216 g/mol. The summed E-state index contributed by atoms with van der Waals surface area (Å²) in [5.41, 5.74) is 8.33. The molecular weight excluding hydrogens is 200 g/mol. The molecule has 0 aliphatic carbocycles. The second-order valence-corrected chi connectivity index (χ2v) is 3.87. The predicted octanol–water partition coefficient (Wildman–Crippen LogP) is 1.07. The Kier molecular flexibility index (Phi) is 3.44. The van der Waals surface area contributed by atoms with Crippen LogP contribution in [-0.4, -0.2) is 22.6 Å². The number of rotatable bonds is 4. The number of nitrogens with two attached hydrogens (primary N) is 1. The van der Waals surface area contributed by atoms with E-state index in [0.717, 1.165) is 16.7 Å². The van der Waals surface area contributed by atoms with Crippen LogP contribution in [-0.2, 0) is 6.54 Å². The topological polar surface area (TPSA) is 63.8 Å². The van der Waals surface area contributed by atoms with Gasteiger partial charge in [0.25, 0.3) is 0 Å². The van der Waals surface area contributed by atoms with Crippen LogP contribution in [0.5, 0.6) is 0 Å². The number of hydrogen-bond donors (Lipinski definition) is 2. The van der Waals surface area contributed by atoms with Gasteiger partial charge in [-0.25, -0.2) is 4.98 Å². The number of hydrogen-bond acceptors (Lipinski definition) is 4. The van der Waals surface area contributed by atoms with Crippen LogP contribution < -0.4 is 11.1 Å². The van der Waals surface area contributed by atoms with Crippen LogP contribution in [0.4, 0.5) is 0 Å². The number of nitrogens with zero attached hydrogens (tertiary/aromatic N) is 2. The van der Waals surface area contributed by atoms with E-state index in [2.05, 4.69) is 22.2 Å². The first-order chi connectivity index (χ1) is 7.79. The first kappa shape index (κ1) is 11.0. The van der Waals surface area contributed by atoms with Crippen molar-refractivity contribution in [2.45, 2.75) is 19.5 Å². The first-order valence-electron chi connectivity index (χ1n) is 5.43. The Morgan fingerprint density at radius 2 is 2.06 bits per heavy atom. The van der Waals surface area contributed by atoms with Crippen LogP contribution in [0.15, 0.2) is 30.5 Å². The third-order valence-corrected chi connectivity index (χ3v) is 2.48. The fraction of sp³-hybridized carbons (Fsp3) is 0.333. The standard InChI is InChI=1S/C12H16N4/c1-9(6-13)14-7-10-8-15-11-4-2-3-5-12(11)16-10/h2-5,8-9,14H,6-7,13H2,1H3/t9-/m0/s1. The second kappa shape index (κ2) is 5.01. The quantitative estimate of drug-likeness (QED) is 0.802. The van der Waals surface area contributed by atoms with E-state index in [1.807, 2.05) is 24.3 Å². The Morgan fingerprint density at radius 1 is 1.31 bits per heavy atom. The van der Waals surface area contributed by atoms with E-state index in [4.69, 9.17) is 5.73 Å². The lowest BCUT2D eigenvalue weighted by molar-refractivity contribution is 0.550. The van der Waals surface area contributed by atoms with Crippen molar-refractivity contribution < 1.29 is 0 Å². The summed E-state index contributed by atoms with van der Waals surface area (Å²) in [5, 5.41) is 3.29. The molecule has 4 heteroatoms. The Hall–Kier alpha value is -1.52. The van der Waals surface area contributed by atoms with E-state index < -0.39 is 0 Å². The van der Waals surface area contributed by atoms with Gasteiger partial charge in [-0.15, -0.1) is 0 Å². The first-order valence-corrected chi connectivity index (χ1v) is 5.43. The molecule has 0 aliphatic rings. The molecule has 84 valence electrons. The molecule has 0 unspecified atom stereocenters. The summed E-state index contributed by atoms with van der Waals surface area (Å²) in [4.78, 5) is 8.87. The molecule has 3 N–H and O–H groups in total. The molecule has 1 atom stereocenters. The highest BCUT2D eigenvalue weighted by atomic mass is 14.9. The third-order valence-electron chi connectivity index (χ3n) is 2.48. The highest BCUT2D eigenvalue weighted by molar-refractivity contribution is 5.73. The molecule has 0 saturated heterocycles. The van der Waals surface area contributed by atoms with Gasteiger partial charge in [0.05, 0.1) is 22.9 Å². The number of aromatic nitrogens is 2. The number of fused-ring (bicyclic) bond motifs is 1. The van der Waals surface area contributed by atoms with Crippen molar-refractivity contribution in [1.29, 1.82) is 0 Å². The van der Waals surface area contributed by atoms with E-state index in [-0.39, 0.29) is 0 Å². The molecule has 2 aromatic rings. The van der Waals surface area contributed by atoms with Crippen molar-refractivity contribution in [3.05, 3.63) is 36.2 Å². The summed E-state index contributed by atoms with van der Waals surface area (Å²) in [6, 6.07) is 8.16. The normalized spacial score (nSPS) is 12.9. The van der Waals surface area contributed by atoms with Crippen molar-refractivity contribution >= 4 is 11.0 Å². The summed E-state index contributed by atoms with van der Waals surface area (Å²) in [7, 11) is 0. The molecule has 0 aliphatic heterocycles. The lowest BCUT2D eigenvalue weighted by Crippen LogP contribution is -2.32. The minimum Gasteiger partial charge on any atom is -0.329 e. The summed E-state index contributed by atoms with van der Waals surface area (Å²) in [6.07, 6.45) is 1.80. The molecule has 1 heterocycles. The van der Waals surface area contributed by atoms with Crippen LogP contribution in [0.2, 0.25) is 0 Å². The van der Waals surface area contributed by atoms with Gasteiger partial charge in [0, 0.05) is 19.1 Å². The fourth-order valence-electron chi connectivity index (χ4n) is 1.44. The van der Waals surface area contributed by atoms with Gasteiger partial charge >= 0.3 is 0 Å². The van der Waals surface area contributed by atoms with E-state index in [1.54, 1.807) is 6.20 Å². The molecule has 0 amide bonds. The van der Waals surface area contributed by atoms with Crippen molar-refractivity contribution in [3.63, 3.8) is 0 Å². The molecule has 2 rings (SSSR count). The Bertz CT molecular complexity index is 469. The van der Waals surface area contributed by atoms with E-state index in [0.29, 0.717) is 19.1 Å². The maximum absolute atomic E-state index is 5.53. The molecule has 0 fully saturated rings. The smallest absolute Gasteiger partial charge is 0.0890 e. The van der Waals surface area contributed by atoms with E-state index in [9.17, 15) is 0 Å². The van der Waals surface area contributed by atoms with Gasteiger partial charge in [0.2, 0.25) is 0 Å². The van der Waals surface area contributed by atoms with E-state index in [1.165, 1.54) is 0 Å². The van der Waals surface area contributed by atoms with Gasteiger partial charge in [0.1, 0.15) is 0 Å². The molecule has 0 spiro atoms. The molecule has 16 heavy (non-hydrogen) atoms. The molecule has 1 aromatic carbocycles. The zero-order chi connectivity index (χ0) is 11.4. The zero-order valence-electron chi connectivity index (χ0n) is 9.35. The number of para-hydroxylation sites is 2. The van der Waals surface area contributed by atoms with Crippen molar-refractivity contribution in [2.75, 3.05) is 6.54 Å². The van der Waals surface area contributed by atoms with Crippen LogP contribution in [0.1, 0.15) is 12.6 Å². The van der Waals surface area contributed by atoms with Gasteiger partial charge in [0.15, 0.2) is 0 Å². The van der Waals surface area contributed by atoms with Gasteiger partial charge in [-0.2, -0.15) is 0 Å². The minimum absolute atomic E-state index is 0.299. The Morgan fingerprint density at radius 3 is 2.81 bits per heavy atom.